The van der Waals surface area contributed by atoms with Gasteiger partial charge >= 0.3 is 0 Å². The number of hydrogen-bond donors (Lipinski definition) is 1. The van der Waals surface area contributed by atoms with Crippen molar-refractivity contribution in [1.82, 2.24) is 0 Å². The number of rotatable bonds is 3. The Morgan fingerprint density at radius 3 is 1.09 bits per heavy atom. The molecule has 3 heteroatoms. The maximum absolute atomic E-state index is 11.8. The minimum Gasteiger partial charge on any atom is -0.508 e. The van der Waals surface area contributed by atoms with Gasteiger partial charge in [-0.3, -0.25) is 9.59 Å². The summed E-state index contributed by atoms with van der Waals surface area (Å²) >= 11 is 0. The number of carbonyl (C=O) groups is 2. The van der Waals surface area contributed by atoms with Crippen LogP contribution in [0, 0.1) is 0 Å². The van der Waals surface area contributed by atoms with Gasteiger partial charge in [0.15, 0.2) is 0 Å². The number of phenols is 1. The average molecular weight is 304 g/mol. The number of Topliss-reactive ketones (excluding diaryl/α,β-unsaturated/α-hetero) is 2. The van der Waals surface area contributed by atoms with Gasteiger partial charge in [0.05, 0.1) is 0 Å². The molecule has 3 rings (SSSR count). The van der Waals surface area contributed by atoms with E-state index >= 15 is 0 Å². The van der Waals surface area contributed by atoms with Crippen molar-refractivity contribution in [3.8, 4) is 5.75 Å². The number of phenolic OH excluding ortho intramolecular Hbond substituents is 1. The minimum atomic E-state index is -0.466. The Hall–Kier alpha value is -3.20. The molecular formula is C20H16O3. The number of para-hydroxylation sites is 1. The number of carbonyl (C=O) groups excluding carboxylic acids is 2. The van der Waals surface area contributed by atoms with Crippen molar-refractivity contribution in [3.63, 3.8) is 0 Å². The molecule has 0 radical (unpaired) electrons. The second-order valence-corrected chi connectivity index (χ2v) is 4.73. The Labute approximate surface area is 134 Å². The number of aromatic hydroxyl groups is 1. The molecule has 0 amide bonds. The molecule has 0 heterocycles. The molecule has 1 N–H and O–H groups in total. The Bertz CT molecular complexity index is 701. The zero-order chi connectivity index (χ0) is 16.5. The summed E-state index contributed by atoms with van der Waals surface area (Å²) in [6, 6.07) is 25.9. The summed E-state index contributed by atoms with van der Waals surface area (Å²) in [6.07, 6.45) is 0. The maximum Gasteiger partial charge on any atom is 0.233 e. The standard InChI is InChI=1S/C14H10O2.C6H6O/c15-13(11-7-3-1-4-8-11)14(16)12-9-5-2-6-10-12;7-6-4-2-1-3-5-6/h1-10H;1-5,7H. The summed E-state index contributed by atoms with van der Waals surface area (Å²) in [6.45, 7) is 0. The number of benzene rings is 3. The molecule has 114 valence electrons. The molecule has 23 heavy (non-hydrogen) atoms. The van der Waals surface area contributed by atoms with E-state index in [9.17, 15) is 9.59 Å². The fraction of sp³-hybridized carbons (Fsp3) is 0. The van der Waals surface area contributed by atoms with Gasteiger partial charge in [-0.05, 0) is 12.1 Å². The van der Waals surface area contributed by atoms with Gasteiger partial charge in [-0.1, -0.05) is 78.9 Å². The molecule has 0 aliphatic carbocycles. The van der Waals surface area contributed by atoms with Gasteiger partial charge in [-0.15, -0.1) is 0 Å². The van der Waals surface area contributed by atoms with Crippen LogP contribution < -0.4 is 0 Å². The van der Waals surface area contributed by atoms with Crippen LogP contribution in [0.1, 0.15) is 20.7 Å². The first-order chi connectivity index (χ1) is 11.2. The summed E-state index contributed by atoms with van der Waals surface area (Å²) in [5.41, 5.74) is 0.854. The van der Waals surface area contributed by atoms with E-state index in [4.69, 9.17) is 5.11 Å². The second kappa shape index (κ2) is 8.29. The Kier molecular flexibility index (Phi) is 5.83. The lowest BCUT2D eigenvalue weighted by Gasteiger charge is -1.99. The molecule has 0 saturated heterocycles. The molecule has 3 nitrogen and oxygen atoms in total. The first-order valence-electron chi connectivity index (χ1n) is 7.11. The van der Waals surface area contributed by atoms with Crippen LogP contribution >= 0.6 is 0 Å². The highest BCUT2D eigenvalue weighted by molar-refractivity contribution is 6.49. The monoisotopic (exact) mass is 304 g/mol. The molecule has 0 aromatic heterocycles. The smallest absolute Gasteiger partial charge is 0.233 e. The highest BCUT2D eigenvalue weighted by atomic mass is 16.3. The van der Waals surface area contributed by atoms with Gasteiger partial charge in [0.1, 0.15) is 5.75 Å². The van der Waals surface area contributed by atoms with Crippen molar-refractivity contribution in [2.24, 2.45) is 0 Å². The average Bonchev–Trinajstić information content (AvgIpc) is 2.63. The Morgan fingerprint density at radius 2 is 0.826 bits per heavy atom. The van der Waals surface area contributed by atoms with E-state index in [2.05, 4.69) is 0 Å². The lowest BCUT2D eigenvalue weighted by atomic mass is 10.0. The van der Waals surface area contributed by atoms with Crippen LogP contribution in [0.3, 0.4) is 0 Å². The van der Waals surface area contributed by atoms with Crippen LogP contribution in [0.2, 0.25) is 0 Å². The van der Waals surface area contributed by atoms with Crippen LogP contribution in [0.25, 0.3) is 0 Å². The quantitative estimate of drug-likeness (QED) is 0.584. The zero-order valence-electron chi connectivity index (χ0n) is 12.4. The normalized spacial score (nSPS) is 9.39. The summed E-state index contributed by atoms with van der Waals surface area (Å²) in [5, 5.41) is 8.63. The van der Waals surface area contributed by atoms with E-state index in [-0.39, 0.29) is 0 Å². The number of hydrogen-bond acceptors (Lipinski definition) is 3. The zero-order valence-corrected chi connectivity index (χ0v) is 12.4. The predicted octanol–water partition coefficient (Wildman–Crippen LogP) is 4.14. The molecule has 0 spiro atoms. The molecule has 3 aromatic carbocycles. The van der Waals surface area contributed by atoms with Crippen molar-refractivity contribution >= 4 is 11.6 Å². The summed E-state index contributed by atoms with van der Waals surface area (Å²) < 4.78 is 0. The fourth-order valence-corrected chi connectivity index (χ4v) is 1.87. The van der Waals surface area contributed by atoms with Crippen molar-refractivity contribution in [2.75, 3.05) is 0 Å². The van der Waals surface area contributed by atoms with Gasteiger partial charge < -0.3 is 5.11 Å². The summed E-state index contributed by atoms with van der Waals surface area (Å²) in [4.78, 5) is 23.6. The third-order valence-corrected chi connectivity index (χ3v) is 3.03. The maximum atomic E-state index is 11.8. The van der Waals surface area contributed by atoms with Crippen LogP contribution in [0.4, 0.5) is 0 Å². The van der Waals surface area contributed by atoms with Gasteiger partial charge in [-0.25, -0.2) is 0 Å². The van der Waals surface area contributed by atoms with Gasteiger partial charge in [-0.2, -0.15) is 0 Å². The highest BCUT2D eigenvalue weighted by Crippen LogP contribution is 2.07. The molecule has 0 fully saturated rings. The predicted molar refractivity (Wildman–Crippen MR) is 89.7 cm³/mol. The van der Waals surface area contributed by atoms with E-state index in [0.29, 0.717) is 16.9 Å². The van der Waals surface area contributed by atoms with E-state index in [0.717, 1.165) is 0 Å². The lowest BCUT2D eigenvalue weighted by molar-refractivity contribution is 0.0817. The van der Waals surface area contributed by atoms with E-state index < -0.39 is 11.6 Å². The molecule has 0 aliphatic heterocycles. The topological polar surface area (TPSA) is 54.4 Å². The highest BCUT2D eigenvalue weighted by Gasteiger charge is 2.16. The van der Waals surface area contributed by atoms with Crippen molar-refractivity contribution in [1.29, 1.82) is 0 Å². The first kappa shape index (κ1) is 16.2. The first-order valence-corrected chi connectivity index (χ1v) is 7.11. The molecule has 0 atom stereocenters. The van der Waals surface area contributed by atoms with Crippen LogP contribution in [0.15, 0.2) is 91.0 Å². The van der Waals surface area contributed by atoms with Crippen molar-refractivity contribution < 1.29 is 14.7 Å². The molecule has 0 bridgehead atoms. The Morgan fingerprint density at radius 1 is 0.522 bits per heavy atom. The molecule has 0 unspecified atom stereocenters. The van der Waals surface area contributed by atoms with Crippen LogP contribution in [0.5, 0.6) is 5.75 Å². The molecular weight excluding hydrogens is 288 g/mol. The second-order valence-electron chi connectivity index (χ2n) is 4.73. The van der Waals surface area contributed by atoms with Crippen molar-refractivity contribution in [3.05, 3.63) is 102 Å². The Balaban J connectivity index is 0.000000229. The van der Waals surface area contributed by atoms with Gasteiger partial charge in [0.25, 0.3) is 0 Å². The third-order valence-electron chi connectivity index (χ3n) is 3.03. The van der Waals surface area contributed by atoms with Crippen molar-refractivity contribution in [2.45, 2.75) is 0 Å². The fourth-order valence-electron chi connectivity index (χ4n) is 1.87. The summed E-state index contributed by atoms with van der Waals surface area (Å²) in [5.74, 6) is -0.610. The molecule has 0 aliphatic rings. The minimum absolute atomic E-state index is 0.322. The largest absolute Gasteiger partial charge is 0.508 e. The summed E-state index contributed by atoms with van der Waals surface area (Å²) in [7, 11) is 0. The molecule has 3 aromatic rings. The SMILES string of the molecule is O=C(C(=O)c1ccccc1)c1ccccc1.Oc1ccccc1. The van der Waals surface area contributed by atoms with Crippen LogP contribution in [-0.2, 0) is 0 Å². The van der Waals surface area contributed by atoms with Crippen LogP contribution in [-0.4, -0.2) is 16.7 Å². The van der Waals surface area contributed by atoms with E-state index in [1.54, 1.807) is 72.8 Å². The van der Waals surface area contributed by atoms with E-state index in [1.165, 1.54) is 0 Å². The van der Waals surface area contributed by atoms with Gasteiger partial charge in [0.2, 0.25) is 11.6 Å². The van der Waals surface area contributed by atoms with Gasteiger partial charge in [0, 0.05) is 11.1 Å². The lowest BCUT2D eigenvalue weighted by Crippen LogP contribution is -2.14. The molecule has 0 saturated carbocycles. The third kappa shape index (κ3) is 4.93. The number of ketones is 2. The van der Waals surface area contributed by atoms with E-state index in [1.807, 2.05) is 18.2 Å².